The maximum Gasteiger partial charge on any atom is 0.251 e. The van der Waals surface area contributed by atoms with E-state index in [4.69, 9.17) is 17.4 Å². The average molecular weight is 325 g/mol. The van der Waals surface area contributed by atoms with Crippen LogP contribution in [-0.4, -0.2) is 10.9 Å². The standard InChI is InChI=1S/C14H17ClN4OS/c1-3-10-6-9(7-13(18-10)19-16)14(20)17-8(2)11-4-5-12(15)21-11/h4-8H,3,16H2,1-2H3,(H,17,20)(H,18,19). The van der Waals surface area contributed by atoms with Gasteiger partial charge in [0.25, 0.3) is 5.91 Å². The highest BCUT2D eigenvalue weighted by Gasteiger charge is 2.14. The first-order valence-corrected chi connectivity index (χ1v) is 7.76. The number of hydrogen-bond donors (Lipinski definition) is 3. The summed E-state index contributed by atoms with van der Waals surface area (Å²) in [6.07, 6.45) is 0.728. The summed E-state index contributed by atoms with van der Waals surface area (Å²) < 4.78 is 0.706. The zero-order valence-corrected chi connectivity index (χ0v) is 13.4. The molecule has 0 fully saturated rings. The van der Waals surface area contributed by atoms with Crippen molar-refractivity contribution in [3.63, 3.8) is 0 Å². The topological polar surface area (TPSA) is 80.0 Å². The van der Waals surface area contributed by atoms with Crippen LogP contribution < -0.4 is 16.6 Å². The molecule has 0 saturated carbocycles. The fraction of sp³-hybridized carbons (Fsp3) is 0.286. The van der Waals surface area contributed by atoms with Gasteiger partial charge in [-0.3, -0.25) is 4.79 Å². The second-order valence-electron chi connectivity index (χ2n) is 4.57. The Bertz CT molecular complexity index is 621. The third-order valence-corrected chi connectivity index (χ3v) is 4.43. The van der Waals surface area contributed by atoms with Gasteiger partial charge >= 0.3 is 0 Å². The van der Waals surface area contributed by atoms with Crippen LogP contribution in [0.3, 0.4) is 0 Å². The number of nitrogens with one attached hydrogen (secondary N) is 2. The summed E-state index contributed by atoms with van der Waals surface area (Å²) in [5, 5.41) is 2.94. The van der Waals surface area contributed by atoms with Crippen molar-refractivity contribution in [3.8, 4) is 0 Å². The molecule has 2 heterocycles. The lowest BCUT2D eigenvalue weighted by molar-refractivity contribution is 0.0940. The van der Waals surface area contributed by atoms with E-state index in [0.29, 0.717) is 15.7 Å². The molecule has 2 rings (SSSR count). The number of pyridine rings is 1. The maximum absolute atomic E-state index is 12.3. The smallest absolute Gasteiger partial charge is 0.251 e. The minimum Gasteiger partial charge on any atom is -0.345 e. The number of anilines is 1. The average Bonchev–Trinajstić information content (AvgIpc) is 2.93. The van der Waals surface area contributed by atoms with Gasteiger partial charge in [-0.05, 0) is 37.6 Å². The van der Waals surface area contributed by atoms with Crippen LogP contribution in [0, 0.1) is 0 Å². The van der Waals surface area contributed by atoms with E-state index in [0.717, 1.165) is 17.0 Å². The SMILES string of the molecule is CCc1cc(C(=O)NC(C)c2ccc(Cl)s2)cc(NN)n1. The molecule has 0 bridgehead atoms. The lowest BCUT2D eigenvalue weighted by Gasteiger charge is -2.13. The van der Waals surface area contributed by atoms with Crippen LogP contribution >= 0.6 is 22.9 Å². The number of hydrogen-bond acceptors (Lipinski definition) is 5. The summed E-state index contributed by atoms with van der Waals surface area (Å²) in [6, 6.07) is 7.02. The summed E-state index contributed by atoms with van der Waals surface area (Å²) in [4.78, 5) is 17.6. The van der Waals surface area contributed by atoms with Crippen molar-refractivity contribution >= 4 is 34.7 Å². The number of nitrogens with zero attached hydrogens (tertiary/aromatic N) is 1. The third kappa shape index (κ3) is 3.93. The number of hydrazine groups is 1. The van der Waals surface area contributed by atoms with Crippen molar-refractivity contribution in [2.75, 3.05) is 5.43 Å². The van der Waals surface area contributed by atoms with E-state index < -0.39 is 0 Å². The molecule has 1 atom stereocenters. The molecule has 0 aliphatic heterocycles. The number of rotatable bonds is 5. The Morgan fingerprint density at radius 2 is 2.24 bits per heavy atom. The van der Waals surface area contributed by atoms with E-state index in [1.165, 1.54) is 11.3 Å². The van der Waals surface area contributed by atoms with Crippen LogP contribution in [0.15, 0.2) is 24.3 Å². The number of aryl methyl sites for hydroxylation is 1. The Hall–Kier alpha value is -1.63. The van der Waals surface area contributed by atoms with Gasteiger partial charge in [-0.1, -0.05) is 18.5 Å². The van der Waals surface area contributed by atoms with E-state index >= 15 is 0 Å². The molecule has 0 aliphatic carbocycles. The van der Waals surface area contributed by atoms with Gasteiger partial charge in [-0.2, -0.15) is 0 Å². The number of halogens is 1. The Morgan fingerprint density at radius 3 is 2.81 bits per heavy atom. The molecule has 7 heteroatoms. The molecule has 4 N–H and O–H groups in total. The molecule has 112 valence electrons. The van der Waals surface area contributed by atoms with E-state index in [1.54, 1.807) is 12.1 Å². The minimum absolute atomic E-state index is 0.109. The first kappa shape index (κ1) is 15.8. The normalized spacial score (nSPS) is 12.0. The number of carbonyl (C=O) groups excluding carboxylic acids is 1. The lowest BCUT2D eigenvalue weighted by Crippen LogP contribution is -2.26. The van der Waals surface area contributed by atoms with Crippen molar-refractivity contribution < 1.29 is 4.79 Å². The van der Waals surface area contributed by atoms with Crippen molar-refractivity contribution in [2.24, 2.45) is 5.84 Å². The molecule has 21 heavy (non-hydrogen) atoms. The third-order valence-electron chi connectivity index (χ3n) is 3.02. The second kappa shape index (κ2) is 6.89. The lowest BCUT2D eigenvalue weighted by atomic mass is 10.1. The Balaban J connectivity index is 2.16. The highest BCUT2D eigenvalue weighted by atomic mass is 35.5. The molecule has 2 aromatic rings. The van der Waals surface area contributed by atoms with Crippen LogP contribution in [-0.2, 0) is 6.42 Å². The predicted octanol–water partition coefficient (Wildman–Crippen LogP) is 3.14. The van der Waals surface area contributed by atoms with Crippen LogP contribution in [0.25, 0.3) is 0 Å². The number of nitrogens with two attached hydrogens (primary N) is 1. The zero-order valence-electron chi connectivity index (χ0n) is 11.8. The number of thiophene rings is 1. The molecule has 0 aromatic carbocycles. The number of aromatic nitrogens is 1. The van der Waals surface area contributed by atoms with Gasteiger partial charge in [0.05, 0.1) is 10.4 Å². The molecule has 0 spiro atoms. The largest absolute Gasteiger partial charge is 0.345 e. The van der Waals surface area contributed by atoms with Gasteiger partial charge in [0.2, 0.25) is 0 Å². The molecule has 0 saturated heterocycles. The minimum atomic E-state index is -0.166. The predicted molar refractivity (Wildman–Crippen MR) is 86.6 cm³/mol. The first-order chi connectivity index (χ1) is 10.0. The fourth-order valence-electron chi connectivity index (χ4n) is 1.89. The van der Waals surface area contributed by atoms with E-state index in [-0.39, 0.29) is 11.9 Å². The van der Waals surface area contributed by atoms with Gasteiger partial charge in [-0.15, -0.1) is 11.3 Å². The molecular formula is C14H17ClN4OS. The van der Waals surface area contributed by atoms with Crippen LogP contribution in [0.4, 0.5) is 5.82 Å². The molecule has 1 amide bonds. The quantitative estimate of drug-likeness (QED) is 0.583. The molecule has 2 aromatic heterocycles. The van der Waals surface area contributed by atoms with E-state index in [2.05, 4.69) is 15.7 Å². The Morgan fingerprint density at radius 1 is 1.48 bits per heavy atom. The monoisotopic (exact) mass is 324 g/mol. The van der Waals surface area contributed by atoms with Crippen molar-refractivity contribution in [2.45, 2.75) is 26.3 Å². The Labute approximate surface area is 132 Å². The number of nitrogen functional groups attached to an aromatic ring is 1. The van der Waals surface area contributed by atoms with Gasteiger partial charge in [0.1, 0.15) is 5.82 Å². The first-order valence-electron chi connectivity index (χ1n) is 6.57. The van der Waals surface area contributed by atoms with E-state index in [1.807, 2.05) is 26.0 Å². The van der Waals surface area contributed by atoms with Crippen molar-refractivity contribution in [1.82, 2.24) is 10.3 Å². The van der Waals surface area contributed by atoms with Crippen LogP contribution in [0.2, 0.25) is 4.34 Å². The molecule has 1 unspecified atom stereocenters. The van der Waals surface area contributed by atoms with E-state index in [9.17, 15) is 4.79 Å². The van der Waals surface area contributed by atoms with Crippen LogP contribution in [0.1, 0.15) is 40.8 Å². The van der Waals surface area contributed by atoms with Crippen molar-refractivity contribution in [1.29, 1.82) is 0 Å². The number of carbonyl (C=O) groups is 1. The fourth-order valence-corrected chi connectivity index (χ4v) is 2.95. The van der Waals surface area contributed by atoms with Crippen molar-refractivity contribution in [3.05, 3.63) is 44.7 Å². The summed E-state index contributed by atoms with van der Waals surface area (Å²) in [5.74, 6) is 5.69. The molecule has 0 radical (unpaired) electrons. The summed E-state index contributed by atoms with van der Waals surface area (Å²) >= 11 is 7.37. The highest BCUT2D eigenvalue weighted by Crippen LogP contribution is 2.26. The highest BCUT2D eigenvalue weighted by molar-refractivity contribution is 7.16. The second-order valence-corrected chi connectivity index (χ2v) is 6.31. The summed E-state index contributed by atoms with van der Waals surface area (Å²) in [5.41, 5.74) is 3.82. The molecule has 0 aliphatic rings. The molecule has 5 nitrogen and oxygen atoms in total. The summed E-state index contributed by atoms with van der Waals surface area (Å²) in [6.45, 7) is 3.89. The van der Waals surface area contributed by atoms with Gasteiger partial charge in [0.15, 0.2) is 0 Å². The summed E-state index contributed by atoms with van der Waals surface area (Å²) in [7, 11) is 0. The number of amides is 1. The van der Waals surface area contributed by atoms with Gasteiger partial charge in [-0.25, -0.2) is 10.8 Å². The maximum atomic E-state index is 12.3. The van der Waals surface area contributed by atoms with Gasteiger partial charge < -0.3 is 10.7 Å². The van der Waals surface area contributed by atoms with Gasteiger partial charge in [0, 0.05) is 16.1 Å². The Kier molecular flexibility index (Phi) is 5.17. The molecular weight excluding hydrogens is 308 g/mol. The zero-order chi connectivity index (χ0) is 15.4. The van der Waals surface area contributed by atoms with Crippen LogP contribution in [0.5, 0.6) is 0 Å².